The molecule has 0 nitrogen and oxygen atoms in total. The summed E-state index contributed by atoms with van der Waals surface area (Å²) in [5.74, 6) is 0. The van der Waals surface area contributed by atoms with E-state index in [2.05, 4.69) is 50.0 Å². The monoisotopic (exact) mass is 225 g/mol. The molecule has 0 spiro atoms. The second kappa shape index (κ2) is 3.60. The fourth-order valence-electron chi connectivity index (χ4n) is 0.890. The first-order valence-corrected chi connectivity index (χ1v) is 11.1. The number of rotatable bonds is 2. The average molecular weight is 225 g/mol. The molecule has 1 radical (unpaired) electrons. The number of hydrogen-bond donors (Lipinski definition) is 0. The molecule has 0 heterocycles. The molecule has 0 N–H and O–H groups in total. The Bertz CT molecular complexity index is 213. The first-order chi connectivity index (χ1) is 5.08. The van der Waals surface area contributed by atoms with Gasteiger partial charge in [-0.25, -0.2) is 0 Å². The van der Waals surface area contributed by atoms with Crippen molar-refractivity contribution in [1.29, 1.82) is 0 Å². The molecule has 0 amide bonds. The zero-order valence-corrected chi connectivity index (χ0v) is 10.2. The van der Waals surface area contributed by atoms with Gasteiger partial charge in [-0.15, -0.1) is 0 Å². The first-order valence-electron chi connectivity index (χ1n) is 3.86. The molecule has 1 aromatic carbocycles. The normalized spacial score (nSPS) is 12.6. The van der Waals surface area contributed by atoms with Crippen molar-refractivity contribution in [1.82, 2.24) is 0 Å². The maximum absolute atomic E-state index is 2.44. The number of hydrogen-bond acceptors (Lipinski definition) is 0. The van der Waals surface area contributed by atoms with E-state index in [1.807, 2.05) is 0 Å². The van der Waals surface area contributed by atoms with Gasteiger partial charge in [0, 0.05) is 0 Å². The van der Waals surface area contributed by atoms with Crippen molar-refractivity contribution >= 4 is 26.0 Å². The van der Waals surface area contributed by atoms with Crippen molar-refractivity contribution in [3.8, 4) is 0 Å². The SMILES string of the molecule is C[Si](C)(C)[As]c1ccccc1. The van der Waals surface area contributed by atoms with Crippen molar-refractivity contribution in [2.45, 2.75) is 19.6 Å². The van der Waals surface area contributed by atoms with Crippen molar-refractivity contribution < 1.29 is 0 Å². The Labute approximate surface area is 76.1 Å². The Kier molecular flexibility index (Phi) is 2.97. The van der Waals surface area contributed by atoms with Gasteiger partial charge in [0.25, 0.3) is 0 Å². The molecule has 2 heteroatoms. The van der Waals surface area contributed by atoms with Gasteiger partial charge in [0.2, 0.25) is 0 Å². The molecule has 0 aliphatic carbocycles. The molecule has 1 aromatic rings. The Balaban J connectivity index is 2.66. The Morgan fingerprint density at radius 2 is 1.55 bits per heavy atom. The summed E-state index contributed by atoms with van der Waals surface area (Å²) < 4.78 is 1.59. The quantitative estimate of drug-likeness (QED) is 0.674. The molecule has 0 aliphatic heterocycles. The van der Waals surface area contributed by atoms with Crippen molar-refractivity contribution in [2.75, 3.05) is 0 Å². The van der Waals surface area contributed by atoms with Crippen LogP contribution >= 0.6 is 0 Å². The Morgan fingerprint density at radius 1 is 1.00 bits per heavy atom. The topological polar surface area (TPSA) is 0 Å². The third-order valence-electron chi connectivity index (χ3n) is 1.22. The van der Waals surface area contributed by atoms with Crippen LogP contribution in [-0.2, 0) is 0 Å². The van der Waals surface area contributed by atoms with Gasteiger partial charge < -0.3 is 0 Å². The van der Waals surface area contributed by atoms with E-state index in [0.717, 1.165) is 0 Å². The van der Waals surface area contributed by atoms with Gasteiger partial charge in [-0.3, -0.25) is 0 Å². The van der Waals surface area contributed by atoms with E-state index in [-0.39, 0.29) is 0 Å². The van der Waals surface area contributed by atoms with Crippen LogP contribution in [0.5, 0.6) is 0 Å². The molecule has 59 valence electrons. The molecular formula is C9H14AsSi. The molecule has 1 rings (SSSR count). The summed E-state index contributed by atoms with van der Waals surface area (Å²) >= 11 is 0.467. The zero-order chi connectivity index (χ0) is 8.32. The van der Waals surface area contributed by atoms with E-state index in [9.17, 15) is 0 Å². The van der Waals surface area contributed by atoms with Gasteiger partial charge in [0.05, 0.1) is 0 Å². The van der Waals surface area contributed by atoms with Gasteiger partial charge in [0.15, 0.2) is 0 Å². The molecule has 0 aromatic heterocycles. The third kappa shape index (κ3) is 3.78. The molecular weight excluding hydrogens is 211 g/mol. The zero-order valence-electron chi connectivity index (χ0n) is 7.33. The van der Waals surface area contributed by atoms with E-state index in [1.54, 1.807) is 4.35 Å². The van der Waals surface area contributed by atoms with Crippen LogP contribution in [0.4, 0.5) is 0 Å². The van der Waals surface area contributed by atoms with E-state index < -0.39 is 6.54 Å². The van der Waals surface area contributed by atoms with E-state index in [0.29, 0.717) is 15.1 Å². The van der Waals surface area contributed by atoms with Crippen LogP contribution in [0.1, 0.15) is 0 Å². The summed E-state index contributed by atoms with van der Waals surface area (Å²) in [4.78, 5) is 0. The van der Waals surface area contributed by atoms with Crippen LogP contribution in [0.3, 0.4) is 0 Å². The standard InChI is InChI=1S/C9H14AsSi/c1-11(2,3)10-9-7-5-4-6-8-9/h4-8H,1-3H3. The first kappa shape index (κ1) is 9.09. The van der Waals surface area contributed by atoms with Crippen LogP contribution in [0.15, 0.2) is 30.3 Å². The van der Waals surface area contributed by atoms with Gasteiger partial charge in [-0.05, 0) is 0 Å². The molecule has 0 atom stereocenters. The van der Waals surface area contributed by atoms with Gasteiger partial charge in [-0.2, -0.15) is 0 Å². The molecule has 0 bridgehead atoms. The summed E-state index contributed by atoms with van der Waals surface area (Å²) in [7, 11) is 0. The third-order valence-corrected chi connectivity index (χ3v) is 8.62. The summed E-state index contributed by atoms with van der Waals surface area (Å²) in [5, 5.41) is 0. The minimum atomic E-state index is -0.804. The second-order valence-corrected chi connectivity index (χ2v) is 19.1. The summed E-state index contributed by atoms with van der Waals surface area (Å²) in [6.45, 7) is 6.53. The predicted octanol–water partition coefficient (Wildman–Crippen LogP) is 1.85. The van der Waals surface area contributed by atoms with Crippen LogP contribution in [0.25, 0.3) is 0 Å². The predicted molar refractivity (Wildman–Crippen MR) is 55.2 cm³/mol. The van der Waals surface area contributed by atoms with E-state index in [1.165, 1.54) is 0 Å². The van der Waals surface area contributed by atoms with E-state index >= 15 is 0 Å². The summed E-state index contributed by atoms with van der Waals surface area (Å²) in [6.07, 6.45) is 0. The fraction of sp³-hybridized carbons (Fsp3) is 0.333. The van der Waals surface area contributed by atoms with Gasteiger partial charge >= 0.3 is 76.0 Å². The van der Waals surface area contributed by atoms with Crippen LogP contribution < -0.4 is 4.35 Å². The van der Waals surface area contributed by atoms with Crippen LogP contribution in [0.2, 0.25) is 19.6 Å². The number of benzene rings is 1. The average Bonchev–Trinajstić information content (AvgIpc) is 1.85. The van der Waals surface area contributed by atoms with Crippen LogP contribution in [0, 0.1) is 0 Å². The molecule has 11 heavy (non-hydrogen) atoms. The molecule has 0 aliphatic rings. The maximum atomic E-state index is 2.44. The molecule has 0 saturated carbocycles. The van der Waals surface area contributed by atoms with Crippen molar-refractivity contribution in [3.05, 3.63) is 30.3 Å². The molecule has 0 fully saturated rings. The Morgan fingerprint density at radius 3 is 2.00 bits per heavy atom. The molecule has 0 saturated heterocycles. The summed E-state index contributed by atoms with van der Waals surface area (Å²) in [6, 6.07) is 10.9. The minimum absolute atomic E-state index is 0.467. The van der Waals surface area contributed by atoms with Gasteiger partial charge in [-0.1, -0.05) is 0 Å². The Hall–Kier alpha value is -0.00468. The van der Waals surface area contributed by atoms with Crippen molar-refractivity contribution in [3.63, 3.8) is 0 Å². The van der Waals surface area contributed by atoms with E-state index in [4.69, 9.17) is 0 Å². The fourth-order valence-corrected chi connectivity index (χ4v) is 7.99. The van der Waals surface area contributed by atoms with Crippen LogP contribution in [-0.4, -0.2) is 21.6 Å². The van der Waals surface area contributed by atoms with Crippen molar-refractivity contribution in [2.24, 2.45) is 0 Å². The summed E-state index contributed by atoms with van der Waals surface area (Å²) in [5.41, 5.74) is 0. The molecule has 0 unspecified atom stereocenters. The van der Waals surface area contributed by atoms with Gasteiger partial charge in [0.1, 0.15) is 0 Å². The second-order valence-electron chi connectivity index (χ2n) is 3.62.